The Hall–Kier alpha value is -3.19. The Kier molecular flexibility index (Phi) is 5.44. The van der Waals surface area contributed by atoms with E-state index in [1.807, 2.05) is 25.1 Å². The van der Waals surface area contributed by atoms with Crippen LogP contribution in [-0.4, -0.2) is 29.3 Å². The van der Waals surface area contributed by atoms with Gasteiger partial charge in [0, 0.05) is 10.1 Å². The Morgan fingerprint density at radius 1 is 0.939 bits per heavy atom. The highest BCUT2D eigenvalue weighted by atomic mass is 35.5. The van der Waals surface area contributed by atoms with E-state index in [1.54, 1.807) is 48.5 Å². The van der Waals surface area contributed by atoms with Crippen LogP contribution in [0.4, 0.5) is 5.69 Å². The van der Waals surface area contributed by atoms with Gasteiger partial charge in [-0.3, -0.25) is 24.2 Å². The maximum absolute atomic E-state index is 13.8. The van der Waals surface area contributed by atoms with Gasteiger partial charge in [-0.25, -0.2) is 0 Å². The molecule has 0 spiro atoms. The van der Waals surface area contributed by atoms with Crippen molar-refractivity contribution in [3.8, 4) is 0 Å². The third-order valence-electron chi connectivity index (χ3n) is 5.53. The molecule has 5 nitrogen and oxygen atoms in total. The van der Waals surface area contributed by atoms with Crippen molar-refractivity contribution in [3.05, 3.63) is 98.3 Å². The molecule has 4 aromatic rings. The third-order valence-corrected chi connectivity index (χ3v) is 7.49. The number of halogens is 2. The number of rotatable bonds is 4. The zero-order valence-corrected chi connectivity index (χ0v) is 19.7. The smallest absolute Gasteiger partial charge is 0.271 e. The van der Waals surface area contributed by atoms with Gasteiger partial charge in [0.2, 0.25) is 0 Å². The molecule has 5 rings (SSSR count). The van der Waals surface area contributed by atoms with Gasteiger partial charge in [0.1, 0.15) is 11.5 Å². The van der Waals surface area contributed by atoms with Crippen LogP contribution in [0.3, 0.4) is 0 Å². The first-order valence-corrected chi connectivity index (χ1v) is 11.6. The number of carbonyl (C=O) groups excluding carboxylic acids is 3. The molecule has 0 saturated carbocycles. The molecule has 0 unspecified atom stereocenters. The lowest BCUT2D eigenvalue weighted by atomic mass is 10.1. The number of para-hydroxylation sites is 1. The molecule has 1 aliphatic rings. The summed E-state index contributed by atoms with van der Waals surface area (Å²) in [6.07, 6.45) is 0. The van der Waals surface area contributed by atoms with E-state index < -0.39 is 17.7 Å². The van der Waals surface area contributed by atoms with Gasteiger partial charge in [-0.2, -0.15) is 0 Å². The van der Waals surface area contributed by atoms with Crippen molar-refractivity contribution in [1.82, 2.24) is 4.90 Å². The molecule has 3 amide bonds. The van der Waals surface area contributed by atoms with Crippen LogP contribution in [-0.2, 0) is 0 Å². The summed E-state index contributed by atoms with van der Waals surface area (Å²) in [5.74, 6) is -1.36. The van der Waals surface area contributed by atoms with Crippen LogP contribution in [0.1, 0.15) is 36.0 Å². The maximum Gasteiger partial charge on any atom is 0.271 e. The number of hydrogen-bond donors (Lipinski definition) is 0. The van der Waals surface area contributed by atoms with Crippen LogP contribution in [0.15, 0.2) is 66.7 Å². The van der Waals surface area contributed by atoms with Gasteiger partial charge in [0.05, 0.1) is 26.9 Å². The van der Waals surface area contributed by atoms with Crippen LogP contribution >= 0.6 is 34.5 Å². The van der Waals surface area contributed by atoms with Crippen LogP contribution in [0.2, 0.25) is 10.0 Å². The van der Waals surface area contributed by atoms with Crippen molar-refractivity contribution in [3.63, 3.8) is 0 Å². The Labute approximate surface area is 203 Å². The van der Waals surface area contributed by atoms with Crippen LogP contribution in [0, 0.1) is 6.92 Å². The molecule has 0 radical (unpaired) electrons. The third kappa shape index (κ3) is 3.60. The average molecular weight is 495 g/mol. The molecule has 1 aliphatic heterocycles. The normalized spacial score (nSPS) is 13.0. The zero-order chi connectivity index (χ0) is 23.3. The fraction of sp³-hybridized carbons (Fsp3) is 0.0800. The molecule has 8 heteroatoms. The maximum atomic E-state index is 13.8. The van der Waals surface area contributed by atoms with Gasteiger partial charge in [-0.1, -0.05) is 59.6 Å². The summed E-state index contributed by atoms with van der Waals surface area (Å²) in [5.41, 5.74) is 2.05. The van der Waals surface area contributed by atoms with Crippen LogP contribution in [0.5, 0.6) is 0 Å². The minimum atomic E-state index is -0.460. The van der Waals surface area contributed by atoms with E-state index in [2.05, 4.69) is 0 Å². The summed E-state index contributed by atoms with van der Waals surface area (Å²) < 4.78 is 0.878. The van der Waals surface area contributed by atoms with Gasteiger partial charge in [-0.05, 0) is 42.8 Å². The molecule has 0 aliphatic carbocycles. The number of thiophene rings is 1. The lowest BCUT2D eigenvalue weighted by Crippen LogP contribution is -2.44. The summed E-state index contributed by atoms with van der Waals surface area (Å²) in [7, 11) is 0. The fourth-order valence-electron chi connectivity index (χ4n) is 3.86. The first kappa shape index (κ1) is 21.6. The Bertz CT molecular complexity index is 1430. The van der Waals surface area contributed by atoms with E-state index in [9.17, 15) is 14.4 Å². The summed E-state index contributed by atoms with van der Waals surface area (Å²) in [6, 6.07) is 19.2. The number of benzene rings is 3. The highest BCUT2D eigenvalue weighted by Crippen LogP contribution is 2.38. The highest BCUT2D eigenvalue weighted by Gasteiger charge is 2.38. The van der Waals surface area contributed by atoms with E-state index >= 15 is 0 Å². The number of nitrogens with zero attached hydrogens (tertiary/aromatic N) is 2. The van der Waals surface area contributed by atoms with E-state index in [-0.39, 0.29) is 6.67 Å². The minimum absolute atomic E-state index is 0.293. The minimum Gasteiger partial charge on any atom is -0.287 e. The molecular formula is C25H16Cl2N2O3S. The topological polar surface area (TPSA) is 57.7 Å². The van der Waals surface area contributed by atoms with Gasteiger partial charge >= 0.3 is 0 Å². The van der Waals surface area contributed by atoms with E-state index in [1.165, 1.54) is 16.2 Å². The van der Waals surface area contributed by atoms with E-state index in [0.29, 0.717) is 31.7 Å². The highest BCUT2D eigenvalue weighted by molar-refractivity contribution is 7.21. The zero-order valence-electron chi connectivity index (χ0n) is 17.3. The fourth-order valence-corrected chi connectivity index (χ4v) is 5.66. The molecule has 164 valence electrons. The second-order valence-corrected chi connectivity index (χ2v) is 9.49. The second kappa shape index (κ2) is 8.30. The van der Waals surface area contributed by atoms with Crippen molar-refractivity contribution < 1.29 is 14.4 Å². The SMILES string of the molecule is Cc1ccc2c(Cl)c(C(=O)N(CN3C(=O)c4ccccc4C3=O)c3ccccc3Cl)sc2c1. The Balaban J connectivity index is 1.59. The van der Waals surface area contributed by atoms with Gasteiger partial charge in [-0.15, -0.1) is 11.3 Å². The predicted molar refractivity (Wildman–Crippen MR) is 132 cm³/mol. The van der Waals surface area contributed by atoms with Crippen molar-refractivity contribution >= 4 is 68.0 Å². The van der Waals surface area contributed by atoms with Gasteiger partial charge in [0.25, 0.3) is 17.7 Å². The largest absolute Gasteiger partial charge is 0.287 e. The molecule has 33 heavy (non-hydrogen) atoms. The monoisotopic (exact) mass is 494 g/mol. The lowest BCUT2D eigenvalue weighted by Gasteiger charge is -2.27. The van der Waals surface area contributed by atoms with Crippen molar-refractivity contribution in [2.24, 2.45) is 0 Å². The lowest BCUT2D eigenvalue weighted by molar-refractivity contribution is 0.0650. The van der Waals surface area contributed by atoms with Crippen molar-refractivity contribution in [1.29, 1.82) is 0 Å². The van der Waals surface area contributed by atoms with Crippen LogP contribution in [0.25, 0.3) is 10.1 Å². The molecular weight excluding hydrogens is 479 g/mol. The Morgan fingerprint density at radius 3 is 2.24 bits per heavy atom. The summed E-state index contributed by atoms with van der Waals surface area (Å²) in [4.78, 5) is 42.4. The number of carbonyl (C=O) groups is 3. The number of hydrogen-bond acceptors (Lipinski definition) is 4. The molecule has 0 bridgehead atoms. The summed E-state index contributed by atoms with van der Waals surface area (Å²) in [6.45, 7) is 1.67. The number of anilines is 1. The summed E-state index contributed by atoms with van der Waals surface area (Å²) >= 11 is 14.3. The van der Waals surface area contributed by atoms with E-state index in [0.717, 1.165) is 20.5 Å². The van der Waals surface area contributed by atoms with Gasteiger partial charge in [0.15, 0.2) is 0 Å². The molecule has 0 fully saturated rings. The average Bonchev–Trinajstić information content (AvgIpc) is 3.26. The number of fused-ring (bicyclic) bond motifs is 2. The molecule has 0 N–H and O–H groups in total. The van der Waals surface area contributed by atoms with Gasteiger partial charge < -0.3 is 0 Å². The number of aryl methyl sites for hydroxylation is 1. The van der Waals surface area contributed by atoms with E-state index in [4.69, 9.17) is 23.2 Å². The summed E-state index contributed by atoms with van der Waals surface area (Å²) in [5, 5.41) is 1.42. The quantitative estimate of drug-likeness (QED) is 0.307. The number of amides is 3. The molecule has 3 aromatic carbocycles. The first-order valence-electron chi connectivity index (χ1n) is 10.1. The first-order chi connectivity index (χ1) is 15.9. The van der Waals surface area contributed by atoms with Crippen LogP contribution < -0.4 is 4.90 Å². The molecule has 2 heterocycles. The number of imide groups is 1. The Morgan fingerprint density at radius 2 is 1.58 bits per heavy atom. The molecule has 1 aromatic heterocycles. The van der Waals surface area contributed by atoms with Crippen molar-refractivity contribution in [2.75, 3.05) is 11.6 Å². The molecule has 0 atom stereocenters. The van der Waals surface area contributed by atoms with Crippen molar-refractivity contribution in [2.45, 2.75) is 6.92 Å². The predicted octanol–water partition coefficient (Wildman–Crippen LogP) is 6.42. The second-order valence-electron chi connectivity index (χ2n) is 7.65. The molecule has 0 saturated heterocycles. The standard InChI is InChI=1S/C25H16Cl2N2O3S/c1-14-10-11-17-20(12-14)33-22(21(17)27)25(32)28(19-9-5-4-8-18(19)26)13-29-23(30)15-6-2-3-7-16(15)24(29)31/h2-12H,13H2,1H3.